The van der Waals surface area contributed by atoms with E-state index in [9.17, 15) is 22.8 Å². The van der Waals surface area contributed by atoms with Crippen molar-refractivity contribution < 1.29 is 27.2 Å². The maximum absolute atomic E-state index is 13.5. The number of para-hydroxylation sites is 1. The fraction of sp³-hybridized carbons (Fsp3) is 0.0870. The van der Waals surface area contributed by atoms with Gasteiger partial charge in [-0.25, -0.2) is 4.68 Å². The second-order valence-corrected chi connectivity index (χ2v) is 7.06. The van der Waals surface area contributed by atoms with Gasteiger partial charge >= 0.3 is 6.18 Å². The van der Waals surface area contributed by atoms with Gasteiger partial charge in [0.1, 0.15) is 5.82 Å². The second kappa shape index (κ2) is 8.65. The number of aryl methyl sites for hydroxylation is 1. The van der Waals surface area contributed by atoms with Crippen LogP contribution in [0.15, 0.2) is 77.4 Å². The molecular weight excluding hydrogens is 437 g/mol. The molecule has 2 aromatic carbocycles. The van der Waals surface area contributed by atoms with E-state index in [1.54, 1.807) is 13.0 Å². The molecule has 0 saturated heterocycles. The molecule has 2 amide bonds. The number of carbonyl (C=O) groups excluding carboxylic acids is 2. The first-order valence-electron chi connectivity index (χ1n) is 9.72. The fourth-order valence-electron chi connectivity index (χ4n) is 3.16. The largest absolute Gasteiger partial charge is 0.459 e. The zero-order valence-corrected chi connectivity index (χ0v) is 17.2. The minimum absolute atomic E-state index is 0.0874. The Morgan fingerprint density at radius 1 is 0.939 bits per heavy atom. The number of nitrogens with one attached hydrogen (secondary N) is 2. The zero-order chi connectivity index (χ0) is 23.6. The van der Waals surface area contributed by atoms with Gasteiger partial charge in [-0.3, -0.25) is 9.59 Å². The Kier molecular flexibility index (Phi) is 5.74. The van der Waals surface area contributed by atoms with Crippen LogP contribution in [0.3, 0.4) is 0 Å². The number of nitrogens with zero attached hydrogens (tertiary/aromatic N) is 2. The van der Waals surface area contributed by atoms with E-state index in [1.807, 2.05) is 0 Å². The number of amides is 2. The van der Waals surface area contributed by atoms with Gasteiger partial charge in [-0.05, 0) is 55.5 Å². The van der Waals surface area contributed by atoms with Crippen LogP contribution < -0.4 is 10.6 Å². The van der Waals surface area contributed by atoms with Crippen LogP contribution in [0.4, 0.5) is 24.7 Å². The van der Waals surface area contributed by atoms with Crippen molar-refractivity contribution in [1.82, 2.24) is 9.78 Å². The van der Waals surface area contributed by atoms with Gasteiger partial charge in [0.25, 0.3) is 11.8 Å². The molecule has 2 aromatic heterocycles. The van der Waals surface area contributed by atoms with Crippen molar-refractivity contribution in [2.24, 2.45) is 0 Å². The predicted octanol–water partition coefficient (Wildman–Crippen LogP) is 5.30. The average molecular weight is 454 g/mol. The average Bonchev–Trinajstić information content (AvgIpc) is 3.44. The normalized spacial score (nSPS) is 11.3. The van der Waals surface area contributed by atoms with E-state index in [1.165, 1.54) is 60.9 Å². The number of carbonyl (C=O) groups is 2. The quantitative estimate of drug-likeness (QED) is 0.429. The van der Waals surface area contributed by atoms with Crippen LogP contribution in [-0.4, -0.2) is 21.6 Å². The van der Waals surface area contributed by atoms with Gasteiger partial charge < -0.3 is 15.1 Å². The smallest absolute Gasteiger partial charge is 0.418 e. The number of hydrogen-bond donors (Lipinski definition) is 2. The molecular formula is C23H17F3N4O3. The highest BCUT2D eigenvalue weighted by Crippen LogP contribution is 2.34. The zero-order valence-electron chi connectivity index (χ0n) is 17.2. The minimum atomic E-state index is -4.59. The number of rotatable bonds is 5. The Morgan fingerprint density at radius 3 is 2.33 bits per heavy atom. The molecule has 0 aliphatic heterocycles. The molecule has 0 saturated carbocycles. The van der Waals surface area contributed by atoms with Crippen LogP contribution >= 0.6 is 0 Å². The third kappa shape index (κ3) is 4.79. The summed E-state index contributed by atoms with van der Waals surface area (Å²) in [4.78, 5) is 24.8. The lowest BCUT2D eigenvalue weighted by Crippen LogP contribution is -2.17. The number of anilines is 2. The van der Waals surface area contributed by atoms with Gasteiger partial charge in [0.15, 0.2) is 5.76 Å². The third-order valence-corrected chi connectivity index (χ3v) is 4.66. The summed E-state index contributed by atoms with van der Waals surface area (Å²) < 4.78 is 46.4. The van der Waals surface area contributed by atoms with E-state index in [0.29, 0.717) is 11.4 Å². The lowest BCUT2D eigenvalue weighted by molar-refractivity contribution is -0.137. The number of furan rings is 1. The summed E-state index contributed by atoms with van der Waals surface area (Å²) in [5.74, 6) is -0.770. The maximum atomic E-state index is 13.5. The van der Waals surface area contributed by atoms with Crippen molar-refractivity contribution in [3.05, 3.63) is 95.6 Å². The highest BCUT2D eigenvalue weighted by molar-refractivity contribution is 6.05. The lowest BCUT2D eigenvalue weighted by Gasteiger charge is -2.15. The summed E-state index contributed by atoms with van der Waals surface area (Å²) in [5.41, 5.74) is 0.0244. The summed E-state index contributed by atoms with van der Waals surface area (Å²) in [6, 6.07) is 15.6. The molecule has 0 spiro atoms. The van der Waals surface area contributed by atoms with Crippen molar-refractivity contribution in [2.45, 2.75) is 13.1 Å². The maximum Gasteiger partial charge on any atom is 0.418 e. The number of halogens is 3. The highest BCUT2D eigenvalue weighted by atomic mass is 19.4. The molecule has 0 aliphatic rings. The second-order valence-electron chi connectivity index (χ2n) is 7.06. The molecule has 4 rings (SSSR count). The van der Waals surface area contributed by atoms with Gasteiger partial charge in [-0.15, -0.1) is 0 Å². The van der Waals surface area contributed by atoms with Crippen LogP contribution in [0.2, 0.25) is 0 Å². The Labute approximate surface area is 185 Å². The van der Waals surface area contributed by atoms with Crippen molar-refractivity contribution in [1.29, 1.82) is 0 Å². The standard InChI is InChI=1S/C23H17F3N4O3/c1-14-13-20(30(29-14)18-6-3-2-5-17(18)23(24,25)26)28-21(31)15-8-10-16(11-9-15)27-22(32)19-7-4-12-33-19/h2-13H,1H3,(H,27,32)(H,28,31). The van der Waals surface area contributed by atoms with Gasteiger partial charge in [-0.2, -0.15) is 18.3 Å². The van der Waals surface area contributed by atoms with Crippen molar-refractivity contribution in [3.8, 4) is 5.69 Å². The van der Waals surface area contributed by atoms with Crippen LogP contribution in [0, 0.1) is 6.92 Å². The summed E-state index contributed by atoms with van der Waals surface area (Å²) in [6.07, 6.45) is -3.21. The molecule has 0 radical (unpaired) electrons. The summed E-state index contributed by atoms with van der Waals surface area (Å²) in [7, 11) is 0. The Bertz CT molecular complexity index is 1290. The first kappa shape index (κ1) is 21.9. The highest BCUT2D eigenvalue weighted by Gasteiger charge is 2.34. The number of hydrogen-bond acceptors (Lipinski definition) is 4. The van der Waals surface area contributed by atoms with Crippen LogP contribution in [0.25, 0.3) is 5.69 Å². The van der Waals surface area contributed by atoms with E-state index in [2.05, 4.69) is 15.7 Å². The van der Waals surface area contributed by atoms with E-state index in [0.717, 1.165) is 10.7 Å². The van der Waals surface area contributed by atoms with Crippen molar-refractivity contribution in [3.63, 3.8) is 0 Å². The third-order valence-electron chi connectivity index (χ3n) is 4.66. The summed E-state index contributed by atoms with van der Waals surface area (Å²) in [6.45, 7) is 1.61. The molecule has 10 heteroatoms. The van der Waals surface area contributed by atoms with E-state index in [4.69, 9.17) is 4.42 Å². The topological polar surface area (TPSA) is 89.2 Å². The summed E-state index contributed by atoms with van der Waals surface area (Å²) in [5, 5.41) is 9.35. The van der Waals surface area contributed by atoms with E-state index in [-0.39, 0.29) is 22.8 Å². The molecule has 0 bridgehead atoms. The monoisotopic (exact) mass is 454 g/mol. The Balaban J connectivity index is 1.54. The molecule has 4 aromatic rings. The summed E-state index contributed by atoms with van der Waals surface area (Å²) >= 11 is 0. The molecule has 0 atom stereocenters. The molecule has 0 unspecified atom stereocenters. The van der Waals surface area contributed by atoms with Crippen LogP contribution in [-0.2, 0) is 6.18 Å². The molecule has 2 heterocycles. The molecule has 0 fully saturated rings. The Hall–Kier alpha value is -4.34. The lowest BCUT2D eigenvalue weighted by atomic mass is 10.1. The van der Waals surface area contributed by atoms with E-state index < -0.39 is 23.6 Å². The van der Waals surface area contributed by atoms with Crippen LogP contribution in [0.1, 0.15) is 32.2 Å². The van der Waals surface area contributed by atoms with Gasteiger partial charge in [0, 0.05) is 17.3 Å². The minimum Gasteiger partial charge on any atom is -0.459 e. The van der Waals surface area contributed by atoms with Crippen molar-refractivity contribution >= 4 is 23.3 Å². The first-order chi connectivity index (χ1) is 15.7. The molecule has 7 nitrogen and oxygen atoms in total. The molecule has 0 aliphatic carbocycles. The number of alkyl halides is 3. The van der Waals surface area contributed by atoms with Crippen LogP contribution in [0.5, 0.6) is 0 Å². The van der Waals surface area contributed by atoms with E-state index >= 15 is 0 Å². The number of aromatic nitrogens is 2. The van der Waals surface area contributed by atoms with Gasteiger partial charge in [0.2, 0.25) is 0 Å². The predicted molar refractivity (Wildman–Crippen MR) is 114 cm³/mol. The van der Waals surface area contributed by atoms with Gasteiger partial charge in [0.05, 0.1) is 23.2 Å². The SMILES string of the molecule is Cc1cc(NC(=O)c2ccc(NC(=O)c3ccco3)cc2)n(-c2ccccc2C(F)(F)F)n1. The fourth-order valence-corrected chi connectivity index (χ4v) is 3.16. The number of benzene rings is 2. The molecule has 168 valence electrons. The molecule has 2 N–H and O–H groups in total. The Morgan fingerprint density at radius 2 is 1.67 bits per heavy atom. The van der Waals surface area contributed by atoms with Crippen molar-refractivity contribution in [2.75, 3.05) is 10.6 Å². The van der Waals surface area contributed by atoms with Gasteiger partial charge in [-0.1, -0.05) is 12.1 Å². The first-order valence-corrected chi connectivity index (χ1v) is 9.72. The molecule has 33 heavy (non-hydrogen) atoms.